The van der Waals surface area contributed by atoms with Gasteiger partial charge in [0.25, 0.3) is 0 Å². The predicted molar refractivity (Wildman–Crippen MR) is 114 cm³/mol. The van der Waals surface area contributed by atoms with E-state index < -0.39 is 0 Å². The number of nitrogens with one attached hydrogen (secondary N) is 1. The molecule has 0 aliphatic carbocycles. The van der Waals surface area contributed by atoms with Crippen molar-refractivity contribution in [1.82, 2.24) is 14.6 Å². The number of carbonyl (C=O) groups excluding carboxylic acids is 2. The maximum atomic E-state index is 12.8. The lowest BCUT2D eigenvalue weighted by Crippen LogP contribution is -2.41. The molecule has 30 heavy (non-hydrogen) atoms. The first-order valence-corrected chi connectivity index (χ1v) is 10.3. The monoisotopic (exact) mass is 427 g/mol. The third-order valence-corrected chi connectivity index (χ3v) is 5.40. The Kier molecular flexibility index (Phi) is 5.85. The summed E-state index contributed by atoms with van der Waals surface area (Å²) in [4.78, 5) is 26.6. The van der Waals surface area contributed by atoms with Gasteiger partial charge in [0.2, 0.25) is 11.9 Å². The summed E-state index contributed by atoms with van der Waals surface area (Å²) in [6.07, 6.45) is 3.53. The summed E-state index contributed by atoms with van der Waals surface area (Å²) >= 11 is 6.19. The van der Waals surface area contributed by atoms with E-state index in [1.165, 1.54) is 0 Å². The number of nitrogens with zero attached hydrogens (tertiary/aromatic N) is 4. The van der Waals surface area contributed by atoms with Crippen molar-refractivity contribution in [1.29, 1.82) is 0 Å². The average Bonchev–Trinajstić information content (AvgIpc) is 3.20. The summed E-state index contributed by atoms with van der Waals surface area (Å²) in [6.45, 7) is 3.42. The van der Waals surface area contributed by atoms with Crippen LogP contribution in [-0.2, 0) is 9.53 Å². The molecule has 1 amide bonds. The lowest BCUT2D eigenvalue weighted by molar-refractivity contribution is -0.120. The first-order chi connectivity index (χ1) is 14.6. The number of hydrogen-bond donors (Lipinski definition) is 1. The van der Waals surface area contributed by atoms with Crippen molar-refractivity contribution in [3.05, 3.63) is 53.2 Å². The number of anilines is 2. The largest absolute Gasteiger partial charge is 0.462 e. The second-order valence-corrected chi connectivity index (χ2v) is 7.53. The molecule has 9 heteroatoms. The molecule has 0 radical (unpaired) electrons. The number of hydrogen-bond acceptors (Lipinski definition) is 6. The number of pyridine rings is 1. The van der Waals surface area contributed by atoms with Gasteiger partial charge in [-0.25, -0.2) is 4.79 Å². The van der Waals surface area contributed by atoms with Gasteiger partial charge in [0, 0.05) is 25.0 Å². The molecule has 8 nitrogen and oxygen atoms in total. The number of amides is 1. The maximum absolute atomic E-state index is 12.8. The van der Waals surface area contributed by atoms with Crippen molar-refractivity contribution in [3.63, 3.8) is 0 Å². The zero-order valence-electron chi connectivity index (χ0n) is 16.5. The van der Waals surface area contributed by atoms with Crippen LogP contribution in [0.3, 0.4) is 0 Å². The first kappa shape index (κ1) is 20.2. The van der Waals surface area contributed by atoms with Crippen LogP contribution in [0.1, 0.15) is 30.1 Å². The lowest BCUT2D eigenvalue weighted by atomic mass is 9.97. The minimum atomic E-state index is -0.376. The molecule has 1 fully saturated rings. The summed E-state index contributed by atoms with van der Waals surface area (Å²) in [6, 6.07) is 10.3. The van der Waals surface area contributed by atoms with Gasteiger partial charge in [0.05, 0.1) is 23.1 Å². The molecule has 3 heterocycles. The highest BCUT2D eigenvalue weighted by Crippen LogP contribution is 2.25. The highest BCUT2D eigenvalue weighted by atomic mass is 35.5. The van der Waals surface area contributed by atoms with Gasteiger partial charge in [0.15, 0.2) is 5.65 Å². The maximum Gasteiger partial charge on any atom is 0.338 e. The van der Waals surface area contributed by atoms with Crippen LogP contribution in [0.2, 0.25) is 5.02 Å². The van der Waals surface area contributed by atoms with E-state index in [9.17, 15) is 9.59 Å². The van der Waals surface area contributed by atoms with Gasteiger partial charge in [-0.1, -0.05) is 11.6 Å². The molecule has 0 saturated carbocycles. The topological polar surface area (TPSA) is 88.8 Å². The number of ether oxygens (including phenoxy) is 1. The fourth-order valence-corrected chi connectivity index (χ4v) is 3.81. The number of aromatic nitrogens is 3. The Hall–Kier alpha value is -3.13. The molecule has 1 aliphatic rings. The quantitative estimate of drug-likeness (QED) is 0.627. The fourth-order valence-electron chi connectivity index (χ4n) is 3.61. The second-order valence-electron chi connectivity index (χ2n) is 7.12. The van der Waals surface area contributed by atoms with E-state index >= 15 is 0 Å². The lowest BCUT2D eigenvalue weighted by Gasteiger charge is -2.32. The number of fused-ring (bicyclic) bond motifs is 1. The van der Waals surface area contributed by atoms with Gasteiger partial charge in [-0.2, -0.15) is 0 Å². The second kappa shape index (κ2) is 8.71. The van der Waals surface area contributed by atoms with E-state index in [4.69, 9.17) is 16.3 Å². The van der Waals surface area contributed by atoms with Crippen LogP contribution in [0.5, 0.6) is 0 Å². The Bertz CT molecular complexity index is 1070. The number of benzene rings is 1. The van der Waals surface area contributed by atoms with Crippen LogP contribution in [-0.4, -0.2) is 46.2 Å². The molecule has 4 rings (SSSR count). The SMILES string of the molecule is CCOC(=O)c1ccc(NC(=O)[C@H]2CCCN(c3nnc4c(Cl)cccn34)C2)cc1. The van der Waals surface area contributed by atoms with Gasteiger partial charge >= 0.3 is 5.97 Å². The van der Waals surface area contributed by atoms with Crippen LogP contribution < -0.4 is 10.2 Å². The van der Waals surface area contributed by atoms with Crippen molar-refractivity contribution in [2.45, 2.75) is 19.8 Å². The summed E-state index contributed by atoms with van der Waals surface area (Å²) in [5.41, 5.74) is 1.70. The molecule has 0 spiro atoms. The summed E-state index contributed by atoms with van der Waals surface area (Å²) < 4.78 is 6.82. The molecule has 1 N–H and O–H groups in total. The fraction of sp³-hybridized carbons (Fsp3) is 0.333. The van der Waals surface area contributed by atoms with Gasteiger partial charge in [0.1, 0.15) is 0 Å². The van der Waals surface area contributed by atoms with Crippen molar-refractivity contribution >= 4 is 40.8 Å². The molecule has 0 unspecified atom stereocenters. The van der Waals surface area contributed by atoms with Crippen molar-refractivity contribution < 1.29 is 14.3 Å². The van der Waals surface area contributed by atoms with Gasteiger partial charge in [-0.05, 0) is 56.2 Å². The highest BCUT2D eigenvalue weighted by Gasteiger charge is 2.28. The molecule has 2 aromatic heterocycles. The summed E-state index contributed by atoms with van der Waals surface area (Å²) in [5, 5.41) is 11.9. The Labute approximate surface area is 178 Å². The van der Waals surface area contributed by atoms with Gasteiger partial charge in [-0.3, -0.25) is 9.20 Å². The Balaban J connectivity index is 1.43. The smallest absolute Gasteiger partial charge is 0.338 e. The van der Waals surface area contributed by atoms with Crippen LogP contribution >= 0.6 is 11.6 Å². The van der Waals surface area contributed by atoms with E-state index in [2.05, 4.69) is 20.4 Å². The third-order valence-electron chi connectivity index (χ3n) is 5.11. The summed E-state index contributed by atoms with van der Waals surface area (Å²) in [5.74, 6) is 0.0631. The molecule has 0 bridgehead atoms. The van der Waals surface area contributed by atoms with Crippen LogP contribution in [0.4, 0.5) is 11.6 Å². The summed E-state index contributed by atoms with van der Waals surface area (Å²) in [7, 11) is 0. The van der Waals surface area contributed by atoms with Crippen molar-refractivity contribution in [2.75, 3.05) is 29.9 Å². The van der Waals surface area contributed by atoms with E-state index in [1.54, 1.807) is 37.3 Å². The number of carbonyl (C=O) groups is 2. The van der Waals surface area contributed by atoms with Crippen LogP contribution in [0.15, 0.2) is 42.6 Å². The molecule has 3 aromatic rings. The molecule has 1 aromatic carbocycles. The minimum Gasteiger partial charge on any atom is -0.462 e. The van der Waals surface area contributed by atoms with Crippen LogP contribution in [0, 0.1) is 5.92 Å². The minimum absolute atomic E-state index is 0.0598. The highest BCUT2D eigenvalue weighted by molar-refractivity contribution is 6.33. The number of rotatable bonds is 5. The third kappa shape index (κ3) is 4.09. The molecule has 1 saturated heterocycles. The Morgan fingerprint density at radius 3 is 2.80 bits per heavy atom. The van der Waals surface area contributed by atoms with E-state index in [1.807, 2.05) is 16.7 Å². The zero-order chi connectivity index (χ0) is 21.1. The normalized spacial score (nSPS) is 16.5. The van der Waals surface area contributed by atoms with Gasteiger partial charge < -0.3 is 15.0 Å². The number of esters is 1. The first-order valence-electron chi connectivity index (χ1n) is 9.89. The molecule has 156 valence electrons. The average molecular weight is 428 g/mol. The van der Waals surface area contributed by atoms with E-state index in [0.29, 0.717) is 41.0 Å². The van der Waals surface area contributed by atoms with E-state index in [0.717, 1.165) is 19.4 Å². The molecular formula is C21H22ClN5O3. The van der Waals surface area contributed by atoms with Crippen molar-refractivity contribution in [2.24, 2.45) is 5.92 Å². The molecule has 1 atom stereocenters. The standard InChI is InChI=1S/C21H22ClN5O3/c1-2-30-20(29)14-7-9-16(10-8-14)23-19(28)15-5-3-11-26(13-15)21-25-24-18-17(22)6-4-12-27(18)21/h4,6-10,12,15H,2-3,5,11,13H2,1H3,(H,23,28)/t15-/m0/s1. The van der Waals surface area contributed by atoms with Gasteiger partial charge in [-0.15, -0.1) is 10.2 Å². The molecule has 1 aliphatic heterocycles. The van der Waals surface area contributed by atoms with Crippen molar-refractivity contribution in [3.8, 4) is 0 Å². The Morgan fingerprint density at radius 1 is 1.23 bits per heavy atom. The van der Waals surface area contributed by atoms with E-state index in [-0.39, 0.29) is 17.8 Å². The number of halogens is 1. The van der Waals surface area contributed by atoms with Crippen LogP contribution in [0.25, 0.3) is 5.65 Å². The zero-order valence-corrected chi connectivity index (χ0v) is 17.3. The Morgan fingerprint density at radius 2 is 2.03 bits per heavy atom. The molecular weight excluding hydrogens is 406 g/mol. The number of piperidine rings is 1. The predicted octanol–water partition coefficient (Wildman–Crippen LogP) is 3.41.